The molecular weight excluding hydrogens is 296 g/mol. The number of methoxy groups -OCH3 is 2. The highest BCUT2D eigenvalue weighted by Gasteiger charge is 2.40. The molecule has 1 aliphatic carbocycles. The van der Waals surface area contributed by atoms with Crippen molar-refractivity contribution in [3.8, 4) is 11.5 Å². The van der Waals surface area contributed by atoms with E-state index in [2.05, 4.69) is 0 Å². The SMILES string of the molecule is COc1ccc(OC)c(N2C[C@@H](C(=O)N(C)C3CC3)CC2=O)c1. The highest BCUT2D eigenvalue weighted by Crippen LogP contribution is 2.37. The number of benzene rings is 1. The van der Waals surface area contributed by atoms with E-state index < -0.39 is 0 Å². The fourth-order valence-electron chi connectivity index (χ4n) is 3.04. The van der Waals surface area contributed by atoms with Crippen LogP contribution in [0.2, 0.25) is 0 Å². The normalized spacial score (nSPS) is 20.6. The summed E-state index contributed by atoms with van der Waals surface area (Å²) in [5.41, 5.74) is 0.654. The minimum atomic E-state index is -0.288. The molecule has 1 heterocycles. The van der Waals surface area contributed by atoms with E-state index in [4.69, 9.17) is 9.47 Å². The van der Waals surface area contributed by atoms with Crippen molar-refractivity contribution >= 4 is 17.5 Å². The fourth-order valence-corrected chi connectivity index (χ4v) is 3.04. The Bertz CT molecular complexity index is 627. The average Bonchev–Trinajstić information content (AvgIpc) is 3.35. The number of anilines is 1. The van der Waals surface area contributed by atoms with Crippen LogP contribution >= 0.6 is 0 Å². The number of carbonyl (C=O) groups is 2. The van der Waals surface area contributed by atoms with Crippen molar-refractivity contribution in [1.82, 2.24) is 4.90 Å². The van der Waals surface area contributed by atoms with E-state index in [1.807, 2.05) is 7.05 Å². The first kappa shape index (κ1) is 15.6. The summed E-state index contributed by atoms with van der Waals surface area (Å²) < 4.78 is 10.6. The Kier molecular flexibility index (Phi) is 4.15. The van der Waals surface area contributed by atoms with Gasteiger partial charge in [-0.05, 0) is 25.0 Å². The van der Waals surface area contributed by atoms with E-state index in [-0.39, 0.29) is 24.2 Å². The highest BCUT2D eigenvalue weighted by molar-refractivity contribution is 6.01. The number of hydrogen-bond acceptors (Lipinski definition) is 4. The van der Waals surface area contributed by atoms with Gasteiger partial charge in [-0.3, -0.25) is 9.59 Å². The van der Waals surface area contributed by atoms with Crippen LogP contribution in [0.5, 0.6) is 11.5 Å². The molecule has 0 spiro atoms. The largest absolute Gasteiger partial charge is 0.497 e. The fraction of sp³-hybridized carbons (Fsp3) is 0.529. The van der Waals surface area contributed by atoms with E-state index in [0.29, 0.717) is 29.8 Å². The molecule has 1 saturated carbocycles. The van der Waals surface area contributed by atoms with E-state index in [1.54, 1.807) is 42.2 Å². The van der Waals surface area contributed by atoms with Gasteiger partial charge in [-0.1, -0.05) is 0 Å². The first-order valence-corrected chi connectivity index (χ1v) is 7.84. The van der Waals surface area contributed by atoms with Gasteiger partial charge in [0.15, 0.2) is 0 Å². The molecule has 3 rings (SSSR count). The zero-order valence-electron chi connectivity index (χ0n) is 13.7. The van der Waals surface area contributed by atoms with Crippen LogP contribution in [-0.4, -0.2) is 50.6 Å². The van der Waals surface area contributed by atoms with Crippen LogP contribution < -0.4 is 14.4 Å². The maximum atomic E-state index is 12.5. The Labute approximate surface area is 136 Å². The third-order valence-corrected chi connectivity index (χ3v) is 4.59. The van der Waals surface area contributed by atoms with E-state index in [9.17, 15) is 9.59 Å². The molecular formula is C17H22N2O4. The molecule has 6 heteroatoms. The lowest BCUT2D eigenvalue weighted by Gasteiger charge is -2.22. The number of rotatable bonds is 5. The lowest BCUT2D eigenvalue weighted by Crippen LogP contribution is -2.36. The van der Waals surface area contributed by atoms with Crippen LogP contribution in [0.15, 0.2) is 18.2 Å². The average molecular weight is 318 g/mol. The van der Waals surface area contributed by atoms with E-state index in [1.165, 1.54) is 0 Å². The topological polar surface area (TPSA) is 59.1 Å². The smallest absolute Gasteiger partial charge is 0.228 e. The van der Waals surface area contributed by atoms with Gasteiger partial charge < -0.3 is 19.3 Å². The van der Waals surface area contributed by atoms with Crippen LogP contribution in [0, 0.1) is 5.92 Å². The number of carbonyl (C=O) groups excluding carboxylic acids is 2. The lowest BCUT2D eigenvalue weighted by atomic mass is 10.1. The molecule has 1 atom stereocenters. The molecule has 2 fully saturated rings. The second-order valence-corrected chi connectivity index (χ2v) is 6.12. The van der Waals surface area contributed by atoms with Gasteiger partial charge in [0, 0.05) is 32.1 Å². The lowest BCUT2D eigenvalue weighted by molar-refractivity contribution is -0.135. The van der Waals surface area contributed by atoms with Gasteiger partial charge in [-0.15, -0.1) is 0 Å². The Morgan fingerprint density at radius 1 is 1.26 bits per heavy atom. The molecule has 23 heavy (non-hydrogen) atoms. The van der Waals surface area contributed by atoms with Crippen molar-refractivity contribution in [2.45, 2.75) is 25.3 Å². The van der Waals surface area contributed by atoms with Gasteiger partial charge in [0.25, 0.3) is 0 Å². The molecule has 124 valence electrons. The predicted octanol–water partition coefficient (Wildman–Crippen LogP) is 1.68. The number of amides is 2. The molecule has 1 aromatic carbocycles. The summed E-state index contributed by atoms with van der Waals surface area (Å²) in [6.07, 6.45) is 2.38. The molecule has 1 aliphatic heterocycles. The molecule has 0 bridgehead atoms. The highest BCUT2D eigenvalue weighted by atomic mass is 16.5. The van der Waals surface area contributed by atoms with Crippen molar-refractivity contribution in [3.05, 3.63) is 18.2 Å². The number of hydrogen-bond donors (Lipinski definition) is 0. The van der Waals surface area contributed by atoms with Crippen LogP contribution in [0.3, 0.4) is 0 Å². The second-order valence-electron chi connectivity index (χ2n) is 6.12. The molecule has 6 nitrogen and oxygen atoms in total. The van der Waals surface area contributed by atoms with Crippen molar-refractivity contribution < 1.29 is 19.1 Å². The minimum absolute atomic E-state index is 0.0564. The Hall–Kier alpha value is -2.24. The Morgan fingerprint density at radius 2 is 2.00 bits per heavy atom. The Balaban J connectivity index is 1.81. The van der Waals surface area contributed by atoms with Gasteiger partial charge in [-0.2, -0.15) is 0 Å². The second kappa shape index (κ2) is 6.10. The van der Waals surface area contributed by atoms with E-state index >= 15 is 0 Å². The monoisotopic (exact) mass is 318 g/mol. The third-order valence-electron chi connectivity index (χ3n) is 4.59. The van der Waals surface area contributed by atoms with Crippen LogP contribution in [-0.2, 0) is 9.59 Å². The van der Waals surface area contributed by atoms with Crippen molar-refractivity contribution in [1.29, 1.82) is 0 Å². The van der Waals surface area contributed by atoms with Gasteiger partial charge >= 0.3 is 0 Å². The van der Waals surface area contributed by atoms with Crippen molar-refractivity contribution in [3.63, 3.8) is 0 Å². The summed E-state index contributed by atoms with van der Waals surface area (Å²) in [4.78, 5) is 28.4. The standard InChI is InChI=1S/C17H22N2O4/c1-18(12-4-5-12)17(21)11-8-16(20)19(10-11)14-9-13(22-2)6-7-15(14)23-3/h6-7,9,11-12H,4-5,8,10H2,1-3H3/t11-/m0/s1. The molecule has 0 aromatic heterocycles. The molecule has 1 aromatic rings. The van der Waals surface area contributed by atoms with Crippen LogP contribution in [0.25, 0.3) is 0 Å². The van der Waals surface area contributed by atoms with Gasteiger partial charge in [0.1, 0.15) is 11.5 Å². The van der Waals surface area contributed by atoms with Gasteiger partial charge in [0.2, 0.25) is 11.8 Å². The van der Waals surface area contributed by atoms with Crippen LogP contribution in [0.1, 0.15) is 19.3 Å². The van der Waals surface area contributed by atoms with Gasteiger partial charge in [0.05, 0.1) is 25.8 Å². The van der Waals surface area contributed by atoms with Crippen molar-refractivity contribution in [2.75, 3.05) is 32.7 Å². The summed E-state index contributed by atoms with van der Waals surface area (Å²) in [6.45, 7) is 0.387. The summed E-state index contributed by atoms with van der Waals surface area (Å²) in [7, 11) is 4.98. The number of nitrogens with zero attached hydrogens (tertiary/aromatic N) is 2. The quantitative estimate of drug-likeness (QED) is 0.829. The summed E-state index contributed by atoms with van der Waals surface area (Å²) in [5.74, 6) is 0.967. The molecule has 0 N–H and O–H groups in total. The molecule has 2 amide bonds. The first-order valence-electron chi connectivity index (χ1n) is 7.84. The molecule has 1 saturated heterocycles. The molecule has 2 aliphatic rings. The third kappa shape index (κ3) is 2.98. The number of ether oxygens (including phenoxy) is 2. The zero-order chi connectivity index (χ0) is 16.6. The van der Waals surface area contributed by atoms with Crippen molar-refractivity contribution in [2.24, 2.45) is 5.92 Å². The first-order chi connectivity index (χ1) is 11.0. The predicted molar refractivity (Wildman–Crippen MR) is 85.8 cm³/mol. The summed E-state index contributed by atoms with van der Waals surface area (Å²) >= 11 is 0. The molecule has 0 radical (unpaired) electrons. The maximum Gasteiger partial charge on any atom is 0.228 e. The van der Waals surface area contributed by atoms with E-state index in [0.717, 1.165) is 12.8 Å². The maximum absolute atomic E-state index is 12.5. The molecule has 0 unspecified atom stereocenters. The van der Waals surface area contributed by atoms with Crippen LogP contribution in [0.4, 0.5) is 5.69 Å². The summed E-state index contributed by atoms with van der Waals surface area (Å²) in [5, 5.41) is 0. The van der Waals surface area contributed by atoms with Gasteiger partial charge in [-0.25, -0.2) is 0 Å². The minimum Gasteiger partial charge on any atom is -0.497 e. The zero-order valence-corrected chi connectivity index (χ0v) is 13.7. The Morgan fingerprint density at radius 3 is 2.61 bits per heavy atom. The summed E-state index contributed by atoms with van der Waals surface area (Å²) in [6, 6.07) is 5.69.